The van der Waals surface area contributed by atoms with Crippen LogP contribution in [0.15, 0.2) is 35.0 Å². The fourth-order valence-corrected chi connectivity index (χ4v) is 5.32. The van der Waals surface area contributed by atoms with Gasteiger partial charge in [0.1, 0.15) is 0 Å². The van der Waals surface area contributed by atoms with Crippen molar-refractivity contribution < 1.29 is 8.42 Å². The van der Waals surface area contributed by atoms with Gasteiger partial charge in [-0.3, -0.25) is 4.72 Å². The van der Waals surface area contributed by atoms with Gasteiger partial charge in [0.2, 0.25) is 0 Å². The van der Waals surface area contributed by atoms with Crippen LogP contribution in [0.4, 0.5) is 0 Å². The Balaban J connectivity index is 1.75. The molecule has 1 aromatic heterocycles. The predicted molar refractivity (Wildman–Crippen MR) is 115 cm³/mol. The number of aromatic nitrogens is 1. The lowest BCUT2D eigenvalue weighted by Crippen LogP contribution is -2.26. The SMILES string of the molecule is CCN(CC)CCc1c[nH]c2c1CCC(NS(=O)(=O)c1cc(Cl)cc(Cl)c1)=C2. The molecule has 0 spiro atoms. The van der Waals surface area contributed by atoms with Crippen molar-refractivity contribution in [1.29, 1.82) is 0 Å². The molecule has 0 amide bonds. The number of allylic oxidation sites excluding steroid dienone is 1. The summed E-state index contributed by atoms with van der Waals surface area (Å²) in [7, 11) is -3.74. The van der Waals surface area contributed by atoms with E-state index >= 15 is 0 Å². The maximum atomic E-state index is 12.7. The van der Waals surface area contributed by atoms with Gasteiger partial charge in [-0.25, -0.2) is 8.42 Å². The van der Waals surface area contributed by atoms with Crippen molar-refractivity contribution in [1.82, 2.24) is 14.6 Å². The number of hydrogen-bond acceptors (Lipinski definition) is 3. The van der Waals surface area contributed by atoms with Crippen LogP contribution >= 0.6 is 23.2 Å². The van der Waals surface area contributed by atoms with Crippen LogP contribution in [0.5, 0.6) is 0 Å². The molecule has 1 aliphatic carbocycles. The van der Waals surface area contributed by atoms with Crippen LogP contribution in [0, 0.1) is 0 Å². The molecule has 0 radical (unpaired) electrons. The molecule has 0 atom stereocenters. The maximum absolute atomic E-state index is 12.7. The van der Waals surface area contributed by atoms with Crippen LogP contribution in [0.1, 0.15) is 37.1 Å². The minimum absolute atomic E-state index is 0.0584. The molecule has 1 aliphatic rings. The summed E-state index contributed by atoms with van der Waals surface area (Å²) in [4.78, 5) is 5.74. The summed E-state index contributed by atoms with van der Waals surface area (Å²) >= 11 is 11.9. The number of fused-ring (bicyclic) bond motifs is 1. The first kappa shape index (κ1) is 21.2. The Bertz CT molecular complexity index is 959. The van der Waals surface area contributed by atoms with E-state index in [1.807, 2.05) is 12.3 Å². The molecule has 8 heteroatoms. The van der Waals surface area contributed by atoms with Crippen molar-refractivity contribution in [2.75, 3.05) is 19.6 Å². The lowest BCUT2D eigenvalue weighted by Gasteiger charge is -2.19. The molecule has 0 fully saturated rings. The summed E-state index contributed by atoms with van der Waals surface area (Å²) in [5.41, 5.74) is 4.21. The Hall–Kier alpha value is -1.47. The average molecular weight is 442 g/mol. The van der Waals surface area contributed by atoms with Crippen LogP contribution < -0.4 is 4.72 Å². The van der Waals surface area contributed by atoms with Gasteiger partial charge >= 0.3 is 0 Å². The second-order valence-corrected chi connectivity index (χ2v) is 9.42. The Morgan fingerprint density at radius 2 is 1.79 bits per heavy atom. The highest BCUT2D eigenvalue weighted by atomic mass is 35.5. The molecule has 152 valence electrons. The molecule has 0 aliphatic heterocycles. The number of rotatable bonds is 8. The van der Waals surface area contributed by atoms with Crippen molar-refractivity contribution in [2.24, 2.45) is 0 Å². The quantitative estimate of drug-likeness (QED) is 0.634. The van der Waals surface area contributed by atoms with Crippen molar-refractivity contribution in [3.63, 3.8) is 0 Å². The van der Waals surface area contributed by atoms with Crippen LogP contribution in [0.2, 0.25) is 10.0 Å². The number of nitrogens with zero attached hydrogens (tertiary/aromatic N) is 1. The highest BCUT2D eigenvalue weighted by Gasteiger charge is 2.21. The van der Waals surface area contributed by atoms with E-state index in [0.717, 1.165) is 38.2 Å². The average Bonchev–Trinajstić information content (AvgIpc) is 3.04. The lowest BCUT2D eigenvalue weighted by molar-refractivity contribution is 0.308. The monoisotopic (exact) mass is 441 g/mol. The Morgan fingerprint density at radius 3 is 2.43 bits per heavy atom. The number of benzene rings is 1. The van der Waals surface area contributed by atoms with Crippen LogP contribution in [0.3, 0.4) is 0 Å². The molecule has 0 bridgehead atoms. The van der Waals surface area contributed by atoms with E-state index in [1.54, 1.807) is 0 Å². The molecular weight excluding hydrogens is 417 g/mol. The topological polar surface area (TPSA) is 65.2 Å². The van der Waals surface area contributed by atoms with Crippen LogP contribution in [0.25, 0.3) is 6.08 Å². The van der Waals surface area contributed by atoms with E-state index in [-0.39, 0.29) is 14.9 Å². The molecule has 5 nitrogen and oxygen atoms in total. The van der Waals surface area contributed by atoms with Crippen molar-refractivity contribution in [2.45, 2.75) is 38.0 Å². The fourth-order valence-electron chi connectivity index (χ4n) is 3.48. The molecule has 1 heterocycles. The van der Waals surface area contributed by atoms with Gasteiger partial charge in [-0.2, -0.15) is 0 Å². The van der Waals surface area contributed by atoms with Gasteiger partial charge in [-0.1, -0.05) is 37.0 Å². The first-order valence-corrected chi connectivity index (χ1v) is 11.7. The van der Waals surface area contributed by atoms with Gasteiger partial charge in [-0.15, -0.1) is 0 Å². The van der Waals surface area contributed by atoms with E-state index in [0.29, 0.717) is 12.1 Å². The molecule has 3 rings (SSSR count). The predicted octanol–water partition coefficient (Wildman–Crippen LogP) is 4.47. The Kier molecular flexibility index (Phi) is 6.76. The first-order chi connectivity index (χ1) is 13.3. The zero-order chi connectivity index (χ0) is 20.3. The molecule has 2 aromatic rings. The largest absolute Gasteiger partial charge is 0.361 e. The number of H-pyrrole nitrogens is 1. The third-order valence-electron chi connectivity index (χ3n) is 5.08. The van der Waals surface area contributed by atoms with Crippen molar-refractivity contribution >= 4 is 39.3 Å². The second kappa shape index (κ2) is 8.91. The number of nitrogens with one attached hydrogen (secondary N) is 2. The van der Waals surface area contributed by atoms with Gasteiger partial charge in [0.15, 0.2) is 0 Å². The third-order valence-corrected chi connectivity index (χ3v) is 6.90. The minimum Gasteiger partial charge on any atom is -0.361 e. The maximum Gasteiger partial charge on any atom is 0.261 e. The minimum atomic E-state index is -3.74. The summed E-state index contributed by atoms with van der Waals surface area (Å²) in [6.07, 6.45) is 6.35. The number of aromatic amines is 1. The lowest BCUT2D eigenvalue weighted by atomic mass is 9.97. The van der Waals surface area contributed by atoms with Crippen molar-refractivity contribution in [3.05, 3.63) is 57.0 Å². The number of likely N-dealkylation sites (N-methyl/N-ethyl adjacent to an activating group) is 1. The van der Waals surface area contributed by atoms with E-state index in [2.05, 4.69) is 28.5 Å². The highest BCUT2D eigenvalue weighted by molar-refractivity contribution is 7.89. The van der Waals surface area contributed by atoms with E-state index in [1.165, 1.54) is 29.3 Å². The molecule has 2 N–H and O–H groups in total. The number of halogens is 2. The highest BCUT2D eigenvalue weighted by Crippen LogP contribution is 2.28. The Morgan fingerprint density at radius 1 is 1.11 bits per heavy atom. The zero-order valence-corrected chi connectivity index (χ0v) is 18.4. The van der Waals surface area contributed by atoms with Gasteiger partial charge in [0.25, 0.3) is 10.0 Å². The summed E-state index contributed by atoms with van der Waals surface area (Å²) in [6.45, 7) is 7.45. The molecule has 0 unspecified atom stereocenters. The second-order valence-electron chi connectivity index (χ2n) is 6.86. The summed E-state index contributed by atoms with van der Waals surface area (Å²) in [6, 6.07) is 4.29. The standard InChI is InChI=1S/C20H25Cl2N3O2S/c1-3-25(4-2)8-7-14-13-23-20-12-17(5-6-19(14)20)24-28(26,27)18-10-15(21)9-16(22)11-18/h9-13,23-24H,3-8H2,1-2H3. The molecule has 28 heavy (non-hydrogen) atoms. The number of hydrogen-bond donors (Lipinski definition) is 2. The summed E-state index contributed by atoms with van der Waals surface area (Å²) in [5.74, 6) is 0. The van der Waals surface area contributed by atoms with Crippen LogP contribution in [-0.4, -0.2) is 37.9 Å². The fraction of sp³-hybridized carbons (Fsp3) is 0.400. The first-order valence-electron chi connectivity index (χ1n) is 9.43. The van der Waals surface area contributed by atoms with Gasteiger partial charge in [0, 0.05) is 34.2 Å². The molecule has 0 saturated carbocycles. The summed E-state index contributed by atoms with van der Waals surface area (Å²) < 4.78 is 28.0. The van der Waals surface area contributed by atoms with Gasteiger partial charge in [-0.05, 0) is 67.8 Å². The van der Waals surface area contributed by atoms with E-state index in [9.17, 15) is 8.42 Å². The molecule has 0 saturated heterocycles. The van der Waals surface area contributed by atoms with Gasteiger partial charge < -0.3 is 9.88 Å². The van der Waals surface area contributed by atoms with E-state index < -0.39 is 10.0 Å². The van der Waals surface area contributed by atoms with E-state index in [4.69, 9.17) is 23.2 Å². The zero-order valence-electron chi connectivity index (χ0n) is 16.1. The Labute approximate surface area is 176 Å². The number of sulfonamides is 1. The third kappa shape index (κ3) is 4.92. The smallest absolute Gasteiger partial charge is 0.261 e. The normalized spacial score (nSPS) is 14.1. The van der Waals surface area contributed by atoms with Crippen molar-refractivity contribution in [3.8, 4) is 0 Å². The molecule has 1 aromatic carbocycles. The summed E-state index contributed by atoms with van der Waals surface area (Å²) in [5, 5.41) is 0.574. The van der Waals surface area contributed by atoms with Crippen LogP contribution in [-0.2, 0) is 22.9 Å². The van der Waals surface area contributed by atoms with Gasteiger partial charge in [0.05, 0.1) is 4.90 Å². The molecular formula is C20H25Cl2N3O2S.